The highest BCUT2D eigenvalue weighted by molar-refractivity contribution is 6.36. The molecule has 3 aromatic rings. The van der Waals surface area contributed by atoms with Gasteiger partial charge in [0.1, 0.15) is 12.3 Å². The van der Waals surface area contributed by atoms with E-state index in [0.29, 0.717) is 22.4 Å². The van der Waals surface area contributed by atoms with Crippen LogP contribution in [0, 0.1) is 35.5 Å². The van der Waals surface area contributed by atoms with Crippen LogP contribution in [-0.2, 0) is 9.59 Å². The number of ether oxygens (including phenoxy) is 1. The van der Waals surface area contributed by atoms with Gasteiger partial charge in [0.25, 0.3) is 17.7 Å². The van der Waals surface area contributed by atoms with Crippen LogP contribution in [0.5, 0.6) is 5.75 Å². The van der Waals surface area contributed by atoms with Gasteiger partial charge in [0, 0.05) is 10.6 Å². The minimum atomic E-state index is -0.769. The van der Waals surface area contributed by atoms with Crippen LogP contribution in [-0.4, -0.2) is 46.0 Å². The zero-order valence-electron chi connectivity index (χ0n) is 22.6. The maximum Gasteiger partial charge on any atom is 0.343 e. The van der Waals surface area contributed by atoms with E-state index in [9.17, 15) is 24.0 Å². The normalized spacial score (nSPS) is 26.1. The van der Waals surface area contributed by atoms with Gasteiger partial charge < -0.3 is 4.74 Å². The molecule has 2 bridgehead atoms. The van der Waals surface area contributed by atoms with Gasteiger partial charge in [-0.2, -0.15) is 5.01 Å². The SMILES string of the molecule is O=C(CN(C(=O)c1ccc(Cl)cc1Cl)N1C(=O)[C@@H]2[C@H]3C=C[C@@H]([C@@H]4C[C@@H]34)[C@@H]2C1=O)c1ccc(OC(=O)c2ccccc2)cc1. The van der Waals surface area contributed by atoms with E-state index in [2.05, 4.69) is 0 Å². The van der Waals surface area contributed by atoms with Gasteiger partial charge in [-0.1, -0.05) is 53.6 Å². The number of Topliss-reactive ketones (excluding diaryl/α,β-unsaturated/α-hetero) is 1. The molecule has 4 aliphatic carbocycles. The quantitative estimate of drug-likeness (QED) is 0.114. The largest absolute Gasteiger partial charge is 0.423 e. The molecule has 0 spiro atoms. The molecule has 43 heavy (non-hydrogen) atoms. The molecule has 2 saturated carbocycles. The van der Waals surface area contributed by atoms with Crippen molar-refractivity contribution in [2.45, 2.75) is 6.42 Å². The highest BCUT2D eigenvalue weighted by Gasteiger charge is 2.68. The molecule has 1 aliphatic heterocycles. The molecule has 0 radical (unpaired) electrons. The van der Waals surface area contributed by atoms with Crippen molar-refractivity contribution in [2.75, 3.05) is 6.54 Å². The number of benzene rings is 3. The Morgan fingerprint density at radius 1 is 0.814 bits per heavy atom. The summed E-state index contributed by atoms with van der Waals surface area (Å²) in [5.41, 5.74) is 0.569. The summed E-state index contributed by atoms with van der Waals surface area (Å²) in [4.78, 5) is 67.6. The molecule has 10 heteroatoms. The molecule has 5 aliphatic rings. The highest BCUT2D eigenvalue weighted by atomic mass is 35.5. The zero-order chi connectivity index (χ0) is 30.0. The van der Waals surface area contributed by atoms with E-state index in [1.54, 1.807) is 30.3 Å². The van der Waals surface area contributed by atoms with Crippen LogP contribution in [0.1, 0.15) is 37.5 Å². The van der Waals surface area contributed by atoms with Crippen molar-refractivity contribution >= 4 is 52.7 Å². The highest BCUT2D eigenvalue weighted by Crippen LogP contribution is 2.65. The van der Waals surface area contributed by atoms with E-state index in [1.165, 1.54) is 42.5 Å². The topological polar surface area (TPSA) is 101 Å². The number of esters is 1. The van der Waals surface area contributed by atoms with Crippen LogP contribution >= 0.6 is 23.2 Å². The lowest BCUT2D eigenvalue weighted by molar-refractivity contribution is -0.154. The average molecular weight is 615 g/mol. The Labute approximate surface area is 256 Å². The predicted octanol–water partition coefficient (Wildman–Crippen LogP) is 5.51. The summed E-state index contributed by atoms with van der Waals surface area (Å²) in [6.07, 6.45) is 5.07. The number of imide groups is 1. The van der Waals surface area contributed by atoms with E-state index in [0.717, 1.165) is 16.4 Å². The van der Waals surface area contributed by atoms with Crippen LogP contribution < -0.4 is 4.74 Å². The van der Waals surface area contributed by atoms with Crippen molar-refractivity contribution in [3.8, 4) is 5.75 Å². The second-order valence-electron chi connectivity index (χ2n) is 11.3. The van der Waals surface area contributed by atoms with Crippen molar-refractivity contribution in [3.05, 3.63) is 112 Å². The Balaban J connectivity index is 1.16. The molecule has 0 N–H and O–H groups in total. The molecule has 0 aromatic heterocycles. The van der Waals surface area contributed by atoms with E-state index < -0.39 is 47.9 Å². The van der Waals surface area contributed by atoms with Crippen molar-refractivity contribution in [1.82, 2.24) is 10.0 Å². The van der Waals surface area contributed by atoms with Gasteiger partial charge in [-0.05, 0) is 84.7 Å². The van der Waals surface area contributed by atoms with Crippen LogP contribution in [0.25, 0.3) is 0 Å². The minimum absolute atomic E-state index is 0.00135. The number of hydrogen-bond donors (Lipinski definition) is 0. The Hall–Kier alpha value is -4.27. The van der Waals surface area contributed by atoms with Gasteiger partial charge >= 0.3 is 5.97 Å². The molecule has 8 nitrogen and oxygen atoms in total. The minimum Gasteiger partial charge on any atom is -0.423 e. The molecule has 1 saturated heterocycles. The van der Waals surface area contributed by atoms with Crippen molar-refractivity contribution in [1.29, 1.82) is 0 Å². The zero-order valence-corrected chi connectivity index (χ0v) is 24.1. The smallest absolute Gasteiger partial charge is 0.343 e. The lowest BCUT2D eigenvalue weighted by atomic mass is 9.63. The summed E-state index contributed by atoms with van der Waals surface area (Å²) in [6, 6.07) is 18.6. The number of carbonyl (C=O) groups is 5. The molecule has 0 unspecified atom stereocenters. The number of hydrogen-bond acceptors (Lipinski definition) is 6. The lowest BCUT2D eigenvalue weighted by Gasteiger charge is -2.37. The molecule has 8 rings (SSSR count). The maximum atomic E-state index is 13.9. The van der Waals surface area contributed by atoms with Crippen LogP contribution in [0.2, 0.25) is 10.0 Å². The van der Waals surface area contributed by atoms with Gasteiger partial charge in [-0.3, -0.25) is 19.2 Å². The van der Waals surface area contributed by atoms with Gasteiger partial charge in [0.2, 0.25) is 0 Å². The van der Waals surface area contributed by atoms with Gasteiger partial charge in [0.15, 0.2) is 5.78 Å². The van der Waals surface area contributed by atoms with Gasteiger partial charge in [-0.25, -0.2) is 9.80 Å². The Bertz CT molecular complexity index is 1690. The maximum absolute atomic E-state index is 13.9. The lowest BCUT2D eigenvalue weighted by Crippen LogP contribution is -2.52. The number of hydrazine groups is 1. The standard InChI is InChI=1S/C33H24Cl2N2O6/c34-19-8-11-23(26(35)14-19)30(39)36(37-31(40)28-21-12-13-22(25-15-24(21)25)29(28)32(37)41)16-27(38)17-6-9-20(10-7-17)43-33(42)18-4-2-1-3-5-18/h1-14,21-22,24-25,28-29H,15-16H2/t21-,22-,24-,25-,28-,29+/m0/s1. The summed E-state index contributed by atoms with van der Waals surface area (Å²) in [5, 5.41) is 2.11. The average Bonchev–Trinajstić information content (AvgIpc) is 3.79. The first kappa shape index (κ1) is 27.6. The first-order valence-corrected chi connectivity index (χ1v) is 14.7. The fraction of sp³-hybridized carbons (Fsp3) is 0.242. The molecular formula is C33H24Cl2N2O6. The molecule has 3 aromatic carbocycles. The summed E-state index contributed by atoms with van der Waals surface area (Å²) in [6.45, 7) is -0.590. The second kappa shape index (κ2) is 10.5. The first-order chi connectivity index (χ1) is 20.7. The van der Waals surface area contributed by atoms with Gasteiger partial charge in [0.05, 0.1) is 28.0 Å². The first-order valence-electron chi connectivity index (χ1n) is 14.0. The molecule has 3 amide bonds. The number of amides is 3. The molecule has 1 heterocycles. The third-order valence-corrected chi connectivity index (χ3v) is 9.51. The Morgan fingerprint density at radius 3 is 2.05 bits per heavy atom. The van der Waals surface area contributed by atoms with Crippen LogP contribution in [0.15, 0.2) is 84.9 Å². The predicted molar refractivity (Wildman–Crippen MR) is 156 cm³/mol. The number of ketones is 1. The summed E-state index contributed by atoms with van der Waals surface area (Å²) in [7, 11) is 0. The summed E-state index contributed by atoms with van der Waals surface area (Å²) >= 11 is 12.4. The van der Waals surface area contributed by atoms with Crippen molar-refractivity contribution in [2.24, 2.45) is 35.5 Å². The molecule has 3 fully saturated rings. The molecule has 6 atom stereocenters. The number of halogens is 2. The van der Waals surface area contributed by atoms with Gasteiger partial charge in [-0.15, -0.1) is 0 Å². The summed E-state index contributed by atoms with van der Waals surface area (Å²) < 4.78 is 5.39. The number of carbonyl (C=O) groups excluding carboxylic acids is 5. The number of nitrogens with zero attached hydrogens (tertiary/aromatic N) is 2. The van der Waals surface area contributed by atoms with Crippen LogP contribution in [0.4, 0.5) is 0 Å². The molecular weight excluding hydrogens is 591 g/mol. The number of allylic oxidation sites excluding steroid dienone is 2. The Kier molecular flexibility index (Phi) is 6.71. The second-order valence-corrected chi connectivity index (χ2v) is 12.2. The van der Waals surface area contributed by atoms with E-state index in [1.807, 2.05) is 12.2 Å². The van der Waals surface area contributed by atoms with E-state index in [4.69, 9.17) is 27.9 Å². The number of rotatable bonds is 7. The van der Waals surface area contributed by atoms with Crippen molar-refractivity contribution in [3.63, 3.8) is 0 Å². The summed E-state index contributed by atoms with van der Waals surface area (Å²) in [5.74, 6) is -3.06. The van der Waals surface area contributed by atoms with E-state index >= 15 is 0 Å². The van der Waals surface area contributed by atoms with E-state index in [-0.39, 0.29) is 33.7 Å². The fourth-order valence-corrected chi connectivity index (χ4v) is 7.38. The molecule has 216 valence electrons. The monoisotopic (exact) mass is 614 g/mol. The van der Waals surface area contributed by atoms with Crippen LogP contribution in [0.3, 0.4) is 0 Å². The fourth-order valence-electron chi connectivity index (χ4n) is 6.89. The third kappa shape index (κ3) is 4.65. The third-order valence-electron chi connectivity index (χ3n) is 8.97. The van der Waals surface area contributed by atoms with Crippen molar-refractivity contribution < 1.29 is 28.7 Å². The Morgan fingerprint density at radius 2 is 1.44 bits per heavy atom.